The van der Waals surface area contributed by atoms with Crippen molar-refractivity contribution in [3.05, 3.63) is 62.2 Å². The molecule has 0 amide bonds. The van der Waals surface area contributed by atoms with Crippen molar-refractivity contribution >= 4 is 47.2 Å². The van der Waals surface area contributed by atoms with Gasteiger partial charge in [-0.1, -0.05) is 24.2 Å². The molecule has 10 heteroatoms. The average Bonchev–Trinajstić information content (AvgIpc) is 3.38. The summed E-state index contributed by atoms with van der Waals surface area (Å²) < 4.78 is 7.05. The van der Waals surface area contributed by atoms with Crippen LogP contribution in [0, 0.1) is 0 Å². The first kappa shape index (κ1) is 19.3. The van der Waals surface area contributed by atoms with E-state index in [1.54, 1.807) is 30.0 Å². The number of aromatic nitrogens is 5. The number of hydrogen-bond donors (Lipinski definition) is 4. The van der Waals surface area contributed by atoms with Gasteiger partial charge in [-0.15, -0.1) is 0 Å². The molecule has 4 N–H and O–H groups in total. The molecule has 1 aliphatic carbocycles. The molecule has 3 aromatic heterocycles. The van der Waals surface area contributed by atoms with E-state index in [1.807, 2.05) is 18.2 Å². The van der Waals surface area contributed by atoms with Gasteiger partial charge in [-0.3, -0.25) is 0 Å². The van der Waals surface area contributed by atoms with Gasteiger partial charge in [-0.2, -0.15) is 9.61 Å². The van der Waals surface area contributed by atoms with Crippen molar-refractivity contribution in [3.63, 3.8) is 0 Å². The van der Waals surface area contributed by atoms with E-state index >= 15 is 0 Å². The number of nitrogens with zero attached hydrogens (tertiary/aromatic N) is 3. The summed E-state index contributed by atoms with van der Waals surface area (Å²) in [5.74, 6) is 1.98. The van der Waals surface area contributed by atoms with Crippen molar-refractivity contribution in [3.8, 4) is 5.75 Å². The van der Waals surface area contributed by atoms with E-state index in [9.17, 15) is 4.79 Å². The number of H-pyrrole nitrogens is 2. The fourth-order valence-electron chi connectivity index (χ4n) is 3.30. The van der Waals surface area contributed by atoms with Crippen molar-refractivity contribution < 1.29 is 4.74 Å². The number of ether oxygens (including phenoxy) is 1. The van der Waals surface area contributed by atoms with E-state index in [-0.39, 0.29) is 5.69 Å². The molecule has 9 nitrogen and oxygen atoms in total. The molecule has 158 valence electrons. The van der Waals surface area contributed by atoms with Gasteiger partial charge in [0.25, 0.3) is 0 Å². The molecule has 0 spiro atoms. The Bertz CT molecular complexity index is 1450. The molecular weight excluding hydrogens is 418 g/mol. The Kier molecular flexibility index (Phi) is 4.67. The molecule has 3 heterocycles. The minimum absolute atomic E-state index is 0.313. The van der Waals surface area contributed by atoms with Crippen molar-refractivity contribution in [2.45, 2.75) is 18.9 Å². The van der Waals surface area contributed by atoms with Crippen molar-refractivity contribution in [2.75, 3.05) is 17.7 Å². The molecule has 0 saturated heterocycles. The zero-order chi connectivity index (χ0) is 21.5. The van der Waals surface area contributed by atoms with Crippen LogP contribution < -0.4 is 31.8 Å². The molecule has 5 rings (SSSR count). The van der Waals surface area contributed by atoms with Gasteiger partial charge in [0.1, 0.15) is 22.4 Å². The number of nitrogens with one attached hydrogen (secondary N) is 4. The maximum absolute atomic E-state index is 11.6. The van der Waals surface area contributed by atoms with E-state index in [2.05, 4.69) is 32.3 Å². The molecule has 0 atom stereocenters. The smallest absolute Gasteiger partial charge is 0.323 e. The van der Waals surface area contributed by atoms with Crippen LogP contribution in [0.5, 0.6) is 5.75 Å². The van der Waals surface area contributed by atoms with Gasteiger partial charge >= 0.3 is 5.69 Å². The Hall–Kier alpha value is -3.72. The van der Waals surface area contributed by atoms with E-state index in [4.69, 9.17) is 21.3 Å². The third-order valence-electron chi connectivity index (χ3n) is 5.01. The second kappa shape index (κ2) is 7.51. The molecule has 31 heavy (non-hydrogen) atoms. The summed E-state index contributed by atoms with van der Waals surface area (Å²) in [4.78, 5) is 21.7. The van der Waals surface area contributed by atoms with E-state index in [0.29, 0.717) is 44.7 Å². The summed E-state index contributed by atoms with van der Waals surface area (Å²) in [6, 6.07) is 7.81. The van der Waals surface area contributed by atoms with Gasteiger partial charge in [-0.25, -0.2) is 9.78 Å². The Labute approximate surface area is 181 Å². The van der Waals surface area contributed by atoms with Crippen LogP contribution in [-0.2, 0) is 0 Å². The monoisotopic (exact) mass is 437 g/mol. The highest BCUT2D eigenvalue weighted by Crippen LogP contribution is 2.34. The molecule has 0 aliphatic heterocycles. The number of fused-ring (bicyclic) bond motifs is 1. The van der Waals surface area contributed by atoms with Gasteiger partial charge in [0.2, 0.25) is 0 Å². The number of methoxy groups -OCH3 is 1. The predicted molar refractivity (Wildman–Crippen MR) is 121 cm³/mol. The maximum Gasteiger partial charge on any atom is 0.323 e. The minimum Gasteiger partial charge on any atom is -0.495 e. The fourth-order valence-corrected chi connectivity index (χ4v) is 3.55. The van der Waals surface area contributed by atoms with Gasteiger partial charge in [-0.05, 0) is 31.1 Å². The first-order chi connectivity index (χ1) is 15.0. The Morgan fingerprint density at radius 2 is 2.19 bits per heavy atom. The number of anilines is 3. The molecule has 1 aromatic carbocycles. The first-order valence-electron chi connectivity index (χ1n) is 9.75. The normalized spacial score (nSPS) is 14.2. The first-order valence-corrected chi connectivity index (χ1v) is 10.1. The van der Waals surface area contributed by atoms with Crippen LogP contribution in [-0.4, -0.2) is 37.7 Å². The lowest BCUT2D eigenvalue weighted by Gasteiger charge is -2.13. The van der Waals surface area contributed by atoms with Crippen LogP contribution in [0.3, 0.4) is 0 Å². The van der Waals surface area contributed by atoms with Crippen LogP contribution >= 0.6 is 11.6 Å². The second-order valence-corrected chi connectivity index (χ2v) is 7.72. The Morgan fingerprint density at radius 3 is 2.90 bits per heavy atom. The molecule has 4 aromatic rings. The Morgan fingerprint density at radius 1 is 1.35 bits per heavy atom. The average molecular weight is 438 g/mol. The zero-order valence-electron chi connectivity index (χ0n) is 16.7. The highest BCUT2D eigenvalue weighted by Gasteiger charge is 2.23. The van der Waals surface area contributed by atoms with E-state index in [1.165, 1.54) is 0 Å². The van der Waals surface area contributed by atoms with Crippen molar-refractivity contribution in [2.24, 2.45) is 0 Å². The summed E-state index contributed by atoms with van der Waals surface area (Å²) in [5.41, 5.74) is 1.72. The third kappa shape index (κ3) is 3.75. The lowest BCUT2D eigenvalue weighted by molar-refractivity contribution is 0.415. The lowest BCUT2D eigenvalue weighted by Crippen LogP contribution is -2.22. The van der Waals surface area contributed by atoms with E-state index in [0.717, 1.165) is 24.2 Å². The van der Waals surface area contributed by atoms with Gasteiger partial charge in [0.15, 0.2) is 5.65 Å². The van der Waals surface area contributed by atoms with Crippen LogP contribution in [0.1, 0.15) is 18.4 Å². The molecule has 0 unspecified atom stereocenters. The lowest BCUT2D eigenvalue weighted by atomic mass is 10.3. The molecule has 1 saturated carbocycles. The van der Waals surface area contributed by atoms with Gasteiger partial charge < -0.3 is 25.3 Å². The summed E-state index contributed by atoms with van der Waals surface area (Å²) >= 11 is 6.45. The summed E-state index contributed by atoms with van der Waals surface area (Å²) in [6.45, 7) is 3.85. The van der Waals surface area contributed by atoms with Crippen LogP contribution in [0.25, 0.3) is 18.3 Å². The minimum atomic E-state index is -0.313. The molecule has 1 aliphatic rings. The molecule has 0 radical (unpaired) electrons. The summed E-state index contributed by atoms with van der Waals surface area (Å²) in [6.07, 6.45) is 5.72. The van der Waals surface area contributed by atoms with Crippen molar-refractivity contribution in [1.82, 2.24) is 24.6 Å². The largest absolute Gasteiger partial charge is 0.495 e. The highest BCUT2D eigenvalue weighted by molar-refractivity contribution is 6.34. The van der Waals surface area contributed by atoms with Crippen molar-refractivity contribution in [1.29, 1.82) is 0 Å². The van der Waals surface area contributed by atoms with Crippen LogP contribution in [0.4, 0.5) is 17.3 Å². The summed E-state index contributed by atoms with van der Waals surface area (Å²) in [7, 11) is 1.57. The highest BCUT2D eigenvalue weighted by atomic mass is 35.5. The molecule has 1 fully saturated rings. The quantitative estimate of drug-likeness (QED) is 0.367. The fraction of sp³-hybridized carbons (Fsp3) is 0.190. The number of aromatic amines is 2. The Balaban J connectivity index is 1.63. The van der Waals surface area contributed by atoms with Crippen LogP contribution in [0.2, 0.25) is 5.02 Å². The number of hydrogen-bond acceptors (Lipinski definition) is 6. The topological polar surface area (TPSA) is 112 Å². The number of rotatable bonds is 6. The SMILES string of the molecule is C=c1[nH]c(=O)[nH]/c1=C\c1cnn2c(NC3CC3)cc(Nc3cccc(OC)c3Cl)nc12. The number of halogens is 1. The third-order valence-corrected chi connectivity index (χ3v) is 5.40. The second-order valence-electron chi connectivity index (χ2n) is 7.34. The zero-order valence-corrected chi connectivity index (χ0v) is 17.5. The predicted octanol–water partition coefficient (Wildman–Crippen LogP) is 1.96. The number of imidazole rings is 1. The maximum atomic E-state index is 11.6. The van der Waals surface area contributed by atoms with E-state index < -0.39 is 0 Å². The number of benzene rings is 1. The molecule has 0 bridgehead atoms. The molecular formula is C21H20ClN7O2. The van der Waals surface area contributed by atoms with Crippen LogP contribution in [0.15, 0.2) is 35.3 Å². The van der Waals surface area contributed by atoms with Gasteiger partial charge in [0.05, 0.1) is 29.7 Å². The summed E-state index contributed by atoms with van der Waals surface area (Å²) in [5, 5.41) is 12.8. The standard InChI is InChI=1S/C21H20ClN7O2/c1-11-15(27-21(30)24-11)8-12-10-23-29-18(25-13-6-7-13)9-17(28-20(12)29)26-14-4-3-5-16(31-2)19(14)22/h3-5,8-10,13,25H,1,6-7H2,2H3,(H,26,28)(H2,24,27,30)/b15-8-. The van der Waals surface area contributed by atoms with Gasteiger partial charge in [0, 0.05) is 17.7 Å².